The van der Waals surface area contributed by atoms with E-state index in [-0.39, 0.29) is 12.2 Å². The fourth-order valence-corrected chi connectivity index (χ4v) is 3.42. The summed E-state index contributed by atoms with van der Waals surface area (Å²) in [4.78, 5) is 28.6. The first kappa shape index (κ1) is 22.0. The van der Waals surface area contributed by atoms with Crippen LogP contribution in [0.2, 0.25) is 0 Å². The number of aryl methyl sites for hydroxylation is 1. The predicted molar refractivity (Wildman–Crippen MR) is 120 cm³/mol. The molecule has 0 aliphatic rings. The molecule has 0 aliphatic heterocycles. The van der Waals surface area contributed by atoms with Crippen LogP contribution in [0.1, 0.15) is 11.4 Å². The van der Waals surface area contributed by atoms with Crippen LogP contribution in [0.5, 0.6) is 11.5 Å². The Morgan fingerprint density at radius 3 is 2.67 bits per heavy atom. The number of hydrogen-bond donors (Lipinski definition) is 0. The van der Waals surface area contributed by atoms with Gasteiger partial charge >= 0.3 is 5.97 Å². The summed E-state index contributed by atoms with van der Waals surface area (Å²) in [7, 11) is 2.76. The van der Waals surface area contributed by atoms with Crippen molar-refractivity contribution in [1.29, 1.82) is 0 Å². The molecule has 0 aliphatic carbocycles. The number of fused-ring (bicyclic) bond motifs is 1. The van der Waals surface area contributed by atoms with Crippen molar-refractivity contribution in [3.63, 3.8) is 0 Å². The second kappa shape index (κ2) is 9.40. The third kappa shape index (κ3) is 4.71. The monoisotopic (exact) mass is 537 g/mol. The maximum Gasteiger partial charge on any atom is 0.343 e. The highest BCUT2D eigenvalue weighted by Gasteiger charge is 2.12. The Bertz CT molecular complexity index is 1210. The van der Waals surface area contributed by atoms with Gasteiger partial charge in [-0.2, -0.15) is 9.78 Å². The minimum absolute atomic E-state index is 0.250. The van der Waals surface area contributed by atoms with Gasteiger partial charge in [-0.15, -0.1) is 0 Å². The minimum atomic E-state index is -0.510. The SMILES string of the molecule is COC(=O)COc1cc(Br)c(C=Nn2c(C)nc3ccc(Br)cc3c2=O)cc1OC. The van der Waals surface area contributed by atoms with Crippen molar-refractivity contribution in [2.45, 2.75) is 6.92 Å². The molecule has 1 heterocycles. The second-order valence-corrected chi connectivity index (χ2v) is 7.84. The lowest BCUT2D eigenvalue weighted by Gasteiger charge is -2.12. The van der Waals surface area contributed by atoms with Gasteiger partial charge in [-0.1, -0.05) is 15.9 Å². The van der Waals surface area contributed by atoms with Crippen molar-refractivity contribution in [2.75, 3.05) is 20.8 Å². The number of nitrogens with zero attached hydrogens (tertiary/aromatic N) is 3. The van der Waals surface area contributed by atoms with Gasteiger partial charge < -0.3 is 14.2 Å². The third-order valence-corrected chi connectivity index (χ3v) is 5.32. The Hall–Kier alpha value is -2.72. The first-order chi connectivity index (χ1) is 14.3. The molecule has 8 nitrogen and oxygen atoms in total. The van der Waals surface area contributed by atoms with E-state index in [4.69, 9.17) is 9.47 Å². The fourth-order valence-electron chi connectivity index (χ4n) is 2.63. The van der Waals surface area contributed by atoms with Crippen molar-refractivity contribution in [2.24, 2.45) is 5.10 Å². The van der Waals surface area contributed by atoms with Crippen LogP contribution < -0.4 is 15.0 Å². The molecule has 30 heavy (non-hydrogen) atoms. The van der Waals surface area contributed by atoms with E-state index in [2.05, 4.69) is 46.7 Å². The Labute approximate surface area is 188 Å². The average Bonchev–Trinajstić information content (AvgIpc) is 2.73. The lowest BCUT2D eigenvalue weighted by atomic mass is 10.2. The molecule has 0 radical (unpaired) electrons. The first-order valence-corrected chi connectivity index (χ1v) is 10.2. The number of methoxy groups -OCH3 is 2. The molecule has 3 rings (SSSR count). The predicted octanol–water partition coefficient (Wildman–Crippen LogP) is 3.67. The van der Waals surface area contributed by atoms with E-state index in [1.165, 1.54) is 25.1 Å². The lowest BCUT2D eigenvalue weighted by molar-refractivity contribution is -0.142. The largest absolute Gasteiger partial charge is 0.493 e. The van der Waals surface area contributed by atoms with Crippen LogP contribution in [0.15, 0.2) is 49.2 Å². The lowest BCUT2D eigenvalue weighted by Crippen LogP contribution is -2.20. The molecule has 0 atom stereocenters. The van der Waals surface area contributed by atoms with Crippen molar-refractivity contribution >= 4 is 54.9 Å². The Morgan fingerprint density at radius 2 is 1.97 bits per heavy atom. The maximum atomic E-state index is 12.9. The van der Waals surface area contributed by atoms with E-state index in [0.29, 0.717) is 38.3 Å². The average molecular weight is 539 g/mol. The molecule has 0 N–H and O–H groups in total. The third-order valence-electron chi connectivity index (χ3n) is 4.14. The Balaban J connectivity index is 1.98. The van der Waals surface area contributed by atoms with Crippen molar-refractivity contribution in [1.82, 2.24) is 9.66 Å². The summed E-state index contributed by atoms with van der Waals surface area (Å²) >= 11 is 6.81. The van der Waals surface area contributed by atoms with E-state index in [9.17, 15) is 9.59 Å². The van der Waals surface area contributed by atoms with Gasteiger partial charge in [0.25, 0.3) is 5.56 Å². The molecule has 0 saturated carbocycles. The van der Waals surface area contributed by atoms with Crippen LogP contribution in [0.3, 0.4) is 0 Å². The number of hydrogen-bond acceptors (Lipinski definition) is 7. The van der Waals surface area contributed by atoms with Crippen LogP contribution in [-0.4, -0.2) is 42.7 Å². The smallest absolute Gasteiger partial charge is 0.343 e. The number of rotatable bonds is 6. The van der Waals surface area contributed by atoms with Crippen LogP contribution in [0, 0.1) is 6.92 Å². The molecule has 2 aromatic carbocycles. The molecule has 156 valence electrons. The zero-order chi connectivity index (χ0) is 21.8. The zero-order valence-corrected chi connectivity index (χ0v) is 19.5. The number of ether oxygens (including phenoxy) is 3. The quantitative estimate of drug-likeness (QED) is 0.351. The van der Waals surface area contributed by atoms with Gasteiger partial charge in [0.15, 0.2) is 18.1 Å². The molecule has 0 spiro atoms. The summed E-state index contributed by atoms with van der Waals surface area (Å²) in [6.07, 6.45) is 1.51. The highest BCUT2D eigenvalue weighted by atomic mass is 79.9. The van der Waals surface area contributed by atoms with E-state index < -0.39 is 5.97 Å². The summed E-state index contributed by atoms with van der Waals surface area (Å²) in [6, 6.07) is 8.63. The summed E-state index contributed by atoms with van der Waals surface area (Å²) in [5.74, 6) is 0.696. The first-order valence-electron chi connectivity index (χ1n) is 8.64. The van der Waals surface area contributed by atoms with Crippen molar-refractivity contribution in [3.8, 4) is 11.5 Å². The number of aromatic nitrogens is 2. The molecular formula is C20H17Br2N3O5. The molecule has 0 saturated heterocycles. The number of benzene rings is 2. The van der Waals surface area contributed by atoms with Crippen molar-refractivity contribution in [3.05, 3.63) is 61.0 Å². The summed E-state index contributed by atoms with van der Waals surface area (Å²) in [5, 5.41) is 4.76. The van der Waals surface area contributed by atoms with Gasteiger partial charge in [0.1, 0.15) is 5.82 Å². The minimum Gasteiger partial charge on any atom is -0.493 e. The standard InChI is InChI=1S/C20H17Br2N3O5/c1-11-24-16-5-4-13(21)7-14(16)20(27)25(11)23-9-12-6-17(28-2)18(8-15(12)22)30-10-19(26)29-3/h4-9H,10H2,1-3H3. The van der Waals surface area contributed by atoms with E-state index in [0.717, 1.165) is 4.47 Å². The Morgan fingerprint density at radius 1 is 1.20 bits per heavy atom. The van der Waals surface area contributed by atoms with Crippen LogP contribution in [0.4, 0.5) is 0 Å². The van der Waals surface area contributed by atoms with Gasteiger partial charge in [0, 0.05) is 14.5 Å². The molecule has 0 amide bonds. The summed E-state index contributed by atoms with van der Waals surface area (Å²) in [6.45, 7) is 1.46. The molecule has 0 fully saturated rings. The van der Waals surface area contributed by atoms with Crippen LogP contribution >= 0.6 is 31.9 Å². The van der Waals surface area contributed by atoms with Gasteiger partial charge in [0.2, 0.25) is 0 Å². The maximum absolute atomic E-state index is 12.9. The second-order valence-electron chi connectivity index (χ2n) is 6.07. The van der Waals surface area contributed by atoms with Crippen LogP contribution in [0.25, 0.3) is 10.9 Å². The topological polar surface area (TPSA) is 92.0 Å². The van der Waals surface area contributed by atoms with E-state index in [1.807, 2.05) is 6.07 Å². The zero-order valence-electron chi connectivity index (χ0n) is 16.3. The van der Waals surface area contributed by atoms with Gasteiger partial charge in [-0.25, -0.2) is 9.78 Å². The number of esters is 1. The summed E-state index contributed by atoms with van der Waals surface area (Å²) < 4.78 is 18.0. The molecule has 0 unspecified atom stereocenters. The Kier molecular flexibility index (Phi) is 6.88. The highest BCUT2D eigenvalue weighted by Crippen LogP contribution is 2.33. The molecule has 0 bridgehead atoms. The number of halogens is 2. The van der Waals surface area contributed by atoms with Gasteiger partial charge in [-0.05, 0) is 53.2 Å². The highest BCUT2D eigenvalue weighted by molar-refractivity contribution is 9.10. The molecular weight excluding hydrogens is 522 g/mol. The van der Waals surface area contributed by atoms with Gasteiger partial charge in [-0.3, -0.25) is 4.79 Å². The molecule has 10 heteroatoms. The van der Waals surface area contributed by atoms with Crippen molar-refractivity contribution < 1.29 is 19.0 Å². The molecule has 1 aromatic heterocycles. The summed E-state index contributed by atoms with van der Waals surface area (Å²) in [5.41, 5.74) is 0.955. The number of carbonyl (C=O) groups is 1. The normalized spacial score (nSPS) is 11.1. The van der Waals surface area contributed by atoms with E-state index >= 15 is 0 Å². The van der Waals surface area contributed by atoms with Crippen LogP contribution in [-0.2, 0) is 9.53 Å². The molecule has 3 aromatic rings. The van der Waals surface area contributed by atoms with Gasteiger partial charge in [0.05, 0.1) is 31.3 Å². The fraction of sp³-hybridized carbons (Fsp3) is 0.200. The van der Waals surface area contributed by atoms with E-state index in [1.54, 1.807) is 31.2 Å². The number of carbonyl (C=O) groups excluding carboxylic acids is 1.